The number of nitrogens with zero attached hydrogens (tertiary/aromatic N) is 1. The van der Waals surface area contributed by atoms with Crippen LogP contribution in [-0.2, 0) is 4.79 Å². The molecule has 0 saturated carbocycles. The van der Waals surface area contributed by atoms with E-state index in [2.05, 4.69) is 24.8 Å². The molecule has 1 fully saturated rings. The van der Waals surface area contributed by atoms with Gasteiger partial charge in [0.1, 0.15) is 0 Å². The monoisotopic (exact) mass is 253 g/mol. The van der Waals surface area contributed by atoms with Crippen molar-refractivity contribution in [2.24, 2.45) is 0 Å². The summed E-state index contributed by atoms with van der Waals surface area (Å²) >= 11 is 1.76. The Kier molecular flexibility index (Phi) is 3.84. The van der Waals surface area contributed by atoms with E-state index in [1.165, 1.54) is 28.2 Å². The molecule has 0 aliphatic carbocycles. The molecule has 1 N–H and O–H groups in total. The minimum Gasteiger partial charge on any atom is -0.481 e. The van der Waals surface area contributed by atoms with Crippen LogP contribution in [0.4, 0.5) is 0 Å². The molecule has 4 heteroatoms. The topological polar surface area (TPSA) is 40.5 Å². The summed E-state index contributed by atoms with van der Waals surface area (Å²) in [5.41, 5.74) is 1.22. The molecule has 1 aliphatic heterocycles. The molecule has 0 amide bonds. The average Bonchev–Trinajstić information content (AvgIpc) is 2.84. The summed E-state index contributed by atoms with van der Waals surface area (Å²) in [7, 11) is 0. The molecule has 1 saturated heterocycles. The Balaban J connectivity index is 2.25. The zero-order valence-corrected chi connectivity index (χ0v) is 11.2. The Bertz CT molecular complexity index is 408. The van der Waals surface area contributed by atoms with Crippen molar-refractivity contribution in [1.29, 1.82) is 0 Å². The molecule has 0 spiro atoms. The van der Waals surface area contributed by atoms with E-state index in [9.17, 15) is 4.79 Å². The van der Waals surface area contributed by atoms with Crippen molar-refractivity contribution in [2.45, 2.75) is 39.2 Å². The molecule has 2 rings (SSSR count). The van der Waals surface area contributed by atoms with E-state index in [1.807, 2.05) is 0 Å². The zero-order chi connectivity index (χ0) is 12.4. The summed E-state index contributed by atoms with van der Waals surface area (Å²) in [6.07, 6.45) is 2.60. The average molecular weight is 253 g/mol. The Hall–Kier alpha value is -0.870. The second-order valence-corrected chi connectivity index (χ2v) is 6.19. The number of likely N-dealkylation sites (tertiary alicyclic amines) is 1. The van der Waals surface area contributed by atoms with Crippen LogP contribution in [-0.4, -0.2) is 29.1 Å². The van der Waals surface area contributed by atoms with Gasteiger partial charge in [0, 0.05) is 15.8 Å². The van der Waals surface area contributed by atoms with Crippen LogP contribution in [0, 0.1) is 13.8 Å². The minimum atomic E-state index is -0.704. The normalized spacial score (nSPS) is 18.5. The number of aryl methyl sites for hydroxylation is 2. The van der Waals surface area contributed by atoms with Gasteiger partial charge in [0.15, 0.2) is 0 Å². The van der Waals surface area contributed by atoms with Crippen molar-refractivity contribution in [1.82, 2.24) is 4.90 Å². The molecule has 3 nitrogen and oxygen atoms in total. The van der Waals surface area contributed by atoms with Gasteiger partial charge in [0.25, 0.3) is 0 Å². The first-order valence-electron chi connectivity index (χ1n) is 6.10. The van der Waals surface area contributed by atoms with Crippen LogP contribution >= 0.6 is 11.3 Å². The highest BCUT2D eigenvalue weighted by molar-refractivity contribution is 7.12. The van der Waals surface area contributed by atoms with E-state index >= 15 is 0 Å². The molecule has 17 heavy (non-hydrogen) atoms. The van der Waals surface area contributed by atoms with Gasteiger partial charge in [-0.25, -0.2) is 0 Å². The van der Waals surface area contributed by atoms with Crippen molar-refractivity contribution in [2.75, 3.05) is 13.1 Å². The zero-order valence-electron chi connectivity index (χ0n) is 10.4. The van der Waals surface area contributed by atoms with Crippen LogP contribution in [0.5, 0.6) is 0 Å². The van der Waals surface area contributed by atoms with Gasteiger partial charge >= 0.3 is 5.97 Å². The lowest BCUT2D eigenvalue weighted by atomic mass is 10.0. The lowest BCUT2D eigenvalue weighted by molar-refractivity contribution is -0.138. The van der Waals surface area contributed by atoms with Gasteiger partial charge in [0.05, 0.1) is 6.42 Å². The van der Waals surface area contributed by atoms with Crippen molar-refractivity contribution in [3.05, 3.63) is 21.4 Å². The second-order valence-electron chi connectivity index (χ2n) is 4.73. The summed E-state index contributed by atoms with van der Waals surface area (Å²) in [6, 6.07) is 2.23. The molecule has 94 valence electrons. The first-order valence-corrected chi connectivity index (χ1v) is 6.92. The number of thiophene rings is 1. The third-order valence-electron chi connectivity index (χ3n) is 3.39. The fraction of sp³-hybridized carbons (Fsp3) is 0.615. The van der Waals surface area contributed by atoms with Crippen LogP contribution in [0.2, 0.25) is 0 Å². The van der Waals surface area contributed by atoms with Crippen LogP contribution < -0.4 is 0 Å². The number of rotatable bonds is 4. The molecule has 1 aromatic rings. The fourth-order valence-corrected chi connectivity index (χ4v) is 3.62. The van der Waals surface area contributed by atoms with Gasteiger partial charge in [-0.1, -0.05) is 0 Å². The summed E-state index contributed by atoms with van der Waals surface area (Å²) < 4.78 is 0. The van der Waals surface area contributed by atoms with Crippen molar-refractivity contribution in [3.63, 3.8) is 0 Å². The SMILES string of the molecule is Cc1cc(C(CC(=O)O)N2CCCC2)c(C)s1. The smallest absolute Gasteiger partial charge is 0.305 e. The maximum absolute atomic E-state index is 11.0. The number of carboxylic acid groups (broad SMARTS) is 1. The lowest BCUT2D eigenvalue weighted by Crippen LogP contribution is -2.27. The number of aliphatic carboxylic acids is 1. The molecule has 2 heterocycles. The Morgan fingerprint density at radius 3 is 2.59 bits per heavy atom. The largest absolute Gasteiger partial charge is 0.481 e. The molecule has 1 aromatic heterocycles. The third kappa shape index (κ3) is 2.87. The Morgan fingerprint density at radius 2 is 2.12 bits per heavy atom. The van der Waals surface area contributed by atoms with Crippen molar-refractivity contribution in [3.8, 4) is 0 Å². The Labute approximate surface area is 106 Å². The number of hydrogen-bond donors (Lipinski definition) is 1. The van der Waals surface area contributed by atoms with Gasteiger partial charge in [-0.15, -0.1) is 11.3 Å². The standard InChI is InChI=1S/C13H19NO2S/c1-9-7-11(10(2)17-9)12(8-13(15)16)14-5-3-4-6-14/h7,12H,3-6,8H2,1-2H3,(H,15,16). The van der Waals surface area contributed by atoms with Gasteiger partial charge in [-0.3, -0.25) is 9.69 Å². The summed E-state index contributed by atoms with van der Waals surface area (Å²) in [6.45, 7) is 6.25. The highest BCUT2D eigenvalue weighted by Crippen LogP contribution is 2.34. The maximum atomic E-state index is 11.0. The van der Waals surface area contributed by atoms with E-state index in [0.717, 1.165) is 13.1 Å². The van der Waals surface area contributed by atoms with Gasteiger partial charge in [-0.2, -0.15) is 0 Å². The molecule has 1 atom stereocenters. The van der Waals surface area contributed by atoms with Gasteiger partial charge in [-0.05, 0) is 51.4 Å². The first-order chi connectivity index (χ1) is 8.08. The summed E-state index contributed by atoms with van der Waals surface area (Å²) in [5, 5.41) is 9.08. The molecule has 1 aliphatic rings. The quantitative estimate of drug-likeness (QED) is 0.896. The van der Waals surface area contributed by atoms with E-state index in [-0.39, 0.29) is 12.5 Å². The van der Waals surface area contributed by atoms with E-state index < -0.39 is 5.97 Å². The number of hydrogen-bond acceptors (Lipinski definition) is 3. The fourth-order valence-electron chi connectivity index (χ4n) is 2.64. The lowest BCUT2D eigenvalue weighted by Gasteiger charge is -2.26. The van der Waals surface area contributed by atoms with Crippen molar-refractivity contribution >= 4 is 17.3 Å². The van der Waals surface area contributed by atoms with Crippen LogP contribution in [0.15, 0.2) is 6.07 Å². The molecular weight excluding hydrogens is 234 g/mol. The van der Waals surface area contributed by atoms with Crippen molar-refractivity contribution < 1.29 is 9.90 Å². The number of carbonyl (C=O) groups is 1. The van der Waals surface area contributed by atoms with E-state index in [1.54, 1.807) is 11.3 Å². The van der Waals surface area contributed by atoms with E-state index in [0.29, 0.717) is 0 Å². The predicted octanol–water partition coefficient (Wildman–Crippen LogP) is 2.98. The first kappa shape index (κ1) is 12.6. The molecule has 0 radical (unpaired) electrons. The van der Waals surface area contributed by atoms with E-state index in [4.69, 9.17) is 5.11 Å². The number of carboxylic acids is 1. The van der Waals surface area contributed by atoms with Crippen LogP contribution in [0.1, 0.15) is 40.6 Å². The minimum absolute atomic E-state index is 0.0694. The van der Waals surface area contributed by atoms with Crippen LogP contribution in [0.3, 0.4) is 0 Å². The van der Waals surface area contributed by atoms with Gasteiger partial charge in [0.2, 0.25) is 0 Å². The highest BCUT2D eigenvalue weighted by atomic mass is 32.1. The van der Waals surface area contributed by atoms with Gasteiger partial charge < -0.3 is 5.11 Å². The van der Waals surface area contributed by atoms with Crippen LogP contribution in [0.25, 0.3) is 0 Å². The summed E-state index contributed by atoms with van der Waals surface area (Å²) in [5.74, 6) is -0.704. The highest BCUT2D eigenvalue weighted by Gasteiger charge is 2.27. The summed E-state index contributed by atoms with van der Waals surface area (Å²) in [4.78, 5) is 15.9. The molecule has 0 aromatic carbocycles. The third-order valence-corrected chi connectivity index (χ3v) is 4.37. The molecule has 1 unspecified atom stereocenters. The Morgan fingerprint density at radius 1 is 1.47 bits per heavy atom. The maximum Gasteiger partial charge on any atom is 0.305 e. The predicted molar refractivity (Wildman–Crippen MR) is 69.6 cm³/mol. The second kappa shape index (κ2) is 5.19. The molecule has 0 bridgehead atoms. The molecular formula is C13H19NO2S.